The molecule has 2 aromatic rings. The molecule has 9 heteroatoms. The van der Waals surface area contributed by atoms with E-state index in [2.05, 4.69) is 42.4 Å². The number of carbonyl (C=O) groups excluding carboxylic acids is 1. The summed E-state index contributed by atoms with van der Waals surface area (Å²) in [5.41, 5.74) is 5.63. The van der Waals surface area contributed by atoms with E-state index in [4.69, 9.17) is 19.4 Å². The van der Waals surface area contributed by atoms with Crippen LogP contribution in [-0.4, -0.2) is 93.7 Å². The number of nitrogens with zero attached hydrogens (tertiary/aromatic N) is 5. The molecular formula is C27H39N5O3S. The molecule has 0 saturated heterocycles. The van der Waals surface area contributed by atoms with Crippen molar-refractivity contribution in [2.75, 3.05) is 51.8 Å². The van der Waals surface area contributed by atoms with E-state index in [1.807, 2.05) is 31.5 Å². The van der Waals surface area contributed by atoms with Crippen LogP contribution in [0.1, 0.15) is 44.9 Å². The first-order valence-electron chi connectivity index (χ1n) is 12.5. The molecule has 0 N–H and O–H groups in total. The maximum absolute atomic E-state index is 12.5. The fourth-order valence-electron chi connectivity index (χ4n) is 4.31. The van der Waals surface area contributed by atoms with Gasteiger partial charge in [-0.3, -0.25) is 0 Å². The van der Waals surface area contributed by atoms with Crippen molar-refractivity contribution in [3.05, 3.63) is 35.8 Å². The Hall–Kier alpha value is -2.49. The molecule has 0 aromatic carbocycles. The van der Waals surface area contributed by atoms with Gasteiger partial charge in [-0.2, -0.15) is 10.5 Å². The molecule has 1 atom stereocenters. The third-order valence-corrected chi connectivity index (χ3v) is 7.18. The van der Waals surface area contributed by atoms with Crippen molar-refractivity contribution < 1.29 is 14.3 Å². The average Bonchev–Trinajstić information content (AvgIpc) is 3.19. The van der Waals surface area contributed by atoms with Gasteiger partial charge in [-0.15, -0.1) is 0 Å². The highest BCUT2D eigenvalue weighted by Crippen LogP contribution is 2.31. The lowest BCUT2D eigenvalue weighted by Gasteiger charge is -2.29. The molecule has 1 amide bonds. The summed E-state index contributed by atoms with van der Waals surface area (Å²) in [4.78, 5) is 26.5. The van der Waals surface area contributed by atoms with Crippen LogP contribution in [0.4, 0.5) is 4.79 Å². The molecule has 0 unspecified atom stereocenters. The zero-order valence-electron chi connectivity index (χ0n) is 22.2. The van der Waals surface area contributed by atoms with E-state index in [0.29, 0.717) is 26.4 Å². The Morgan fingerprint density at radius 2 is 1.92 bits per heavy atom. The van der Waals surface area contributed by atoms with Gasteiger partial charge in [0.25, 0.3) is 0 Å². The van der Waals surface area contributed by atoms with E-state index in [1.54, 1.807) is 4.90 Å². The van der Waals surface area contributed by atoms with Gasteiger partial charge in [-0.25, -0.2) is 14.8 Å². The highest BCUT2D eigenvalue weighted by Gasteiger charge is 2.25. The molecule has 36 heavy (non-hydrogen) atoms. The summed E-state index contributed by atoms with van der Waals surface area (Å²) in [6, 6.07) is 0. The van der Waals surface area contributed by atoms with E-state index in [9.17, 15) is 4.79 Å². The Kier molecular flexibility index (Phi) is 8.32. The second-order valence-corrected chi connectivity index (χ2v) is 12.6. The van der Waals surface area contributed by atoms with Gasteiger partial charge in [-0.05, 0) is 58.1 Å². The van der Waals surface area contributed by atoms with E-state index >= 15 is 0 Å². The lowest BCUT2D eigenvalue weighted by atomic mass is 10.0. The molecular weight excluding hydrogens is 474 g/mol. The maximum Gasteiger partial charge on any atom is 0.410 e. The zero-order valence-corrected chi connectivity index (χ0v) is 23.1. The first-order valence-corrected chi connectivity index (χ1v) is 14.5. The van der Waals surface area contributed by atoms with Crippen LogP contribution in [0.15, 0.2) is 24.5 Å². The molecule has 0 radical (unpaired) electrons. The number of hydrogen-bond acceptors (Lipinski definition) is 6. The number of fused-ring (bicyclic) bond motifs is 1. The molecule has 8 nitrogen and oxygen atoms in total. The number of ether oxygens (including phenoxy) is 2. The Morgan fingerprint density at radius 3 is 2.56 bits per heavy atom. The molecule has 4 heterocycles. The van der Waals surface area contributed by atoms with Crippen LogP contribution in [0.5, 0.6) is 0 Å². The van der Waals surface area contributed by atoms with Crippen LogP contribution in [0.25, 0.3) is 22.3 Å². The monoisotopic (exact) mass is 513 g/mol. The number of rotatable bonds is 7. The molecule has 0 aliphatic carbocycles. The van der Waals surface area contributed by atoms with Crippen LogP contribution in [0.2, 0.25) is 0 Å². The number of likely N-dealkylation sites (N-methyl/N-ethyl adjacent to an activating group) is 1. The maximum atomic E-state index is 12.5. The minimum Gasteiger partial charge on any atom is -0.444 e. The Labute approximate surface area is 216 Å². The highest BCUT2D eigenvalue weighted by molar-refractivity contribution is 8.13. The summed E-state index contributed by atoms with van der Waals surface area (Å²) in [6.45, 7) is 9.82. The van der Waals surface area contributed by atoms with Crippen LogP contribution in [0.3, 0.4) is 0 Å². The van der Waals surface area contributed by atoms with Crippen molar-refractivity contribution >= 4 is 44.8 Å². The highest BCUT2D eigenvalue weighted by atomic mass is 32.2. The van der Waals surface area contributed by atoms with Crippen molar-refractivity contribution in [3.8, 4) is 0 Å². The SMILES string of the molecule is C=[S@@](C)CCOCn1cc(C2=CCN(C(=O)OC(C)(C)C)CC2)c2nc(C3=CCN(C)CC3)cnc21. The van der Waals surface area contributed by atoms with Crippen LogP contribution in [-0.2, 0) is 16.2 Å². The van der Waals surface area contributed by atoms with Gasteiger partial charge in [0.2, 0.25) is 0 Å². The molecule has 2 aliphatic heterocycles. The number of hydrogen-bond donors (Lipinski definition) is 0. The van der Waals surface area contributed by atoms with E-state index < -0.39 is 5.60 Å². The fraction of sp³-hybridized carbons (Fsp3) is 0.556. The van der Waals surface area contributed by atoms with Gasteiger partial charge >= 0.3 is 6.09 Å². The number of aromatic nitrogens is 3. The first-order chi connectivity index (χ1) is 17.1. The second-order valence-electron chi connectivity index (χ2n) is 10.6. The van der Waals surface area contributed by atoms with Crippen LogP contribution < -0.4 is 0 Å². The first kappa shape index (κ1) is 26.6. The summed E-state index contributed by atoms with van der Waals surface area (Å²) in [6.07, 6.45) is 11.9. The molecule has 4 rings (SSSR count). The topological polar surface area (TPSA) is 72.7 Å². The lowest BCUT2D eigenvalue weighted by molar-refractivity contribution is 0.0270. The van der Waals surface area contributed by atoms with Crippen LogP contribution in [0, 0.1) is 0 Å². The smallest absolute Gasteiger partial charge is 0.410 e. The summed E-state index contributed by atoms with van der Waals surface area (Å²) in [7, 11) is 2.24. The third-order valence-electron chi connectivity index (χ3n) is 6.32. The minimum atomic E-state index is -0.505. The molecule has 2 aliphatic rings. The predicted molar refractivity (Wildman–Crippen MR) is 149 cm³/mol. The van der Waals surface area contributed by atoms with Gasteiger partial charge in [0.1, 0.15) is 17.8 Å². The molecule has 0 spiro atoms. The molecule has 2 aromatic heterocycles. The van der Waals surface area contributed by atoms with Gasteiger partial charge < -0.3 is 23.8 Å². The van der Waals surface area contributed by atoms with Crippen molar-refractivity contribution in [1.82, 2.24) is 24.3 Å². The van der Waals surface area contributed by atoms with Crippen molar-refractivity contribution in [3.63, 3.8) is 0 Å². The Bertz CT molecular complexity index is 1190. The minimum absolute atomic E-state index is 0.105. The van der Waals surface area contributed by atoms with Gasteiger partial charge in [0.05, 0.1) is 18.5 Å². The second kappa shape index (κ2) is 11.3. The van der Waals surface area contributed by atoms with E-state index in [0.717, 1.165) is 54.1 Å². The van der Waals surface area contributed by atoms with Gasteiger partial charge in [0.15, 0.2) is 5.65 Å². The standard InChI is InChI=1S/C27H39N5O3S/c1-27(2,3)35-26(33)31-13-9-20(10-14-31)22-18-32(19-34-15-16-36(5)6)25-24(22)29-23(17-28-25)21-7-11-30(4)12-8-21/h7,9,17-18H,5,8,10-16,19H2,1-4,6H3/t36-/m0/s1. The third kappa shape index (κ3) is 6.63. The normalized spacial score (nSPS) is 18.2. The number of amides is 1. The molecule has 196 valence electrons. The Morgan fingerprint density at radius 1 is 1.17 bits per heavy atom. The van der Waals surface area contributed by atoms with Gasteiger partial charge in [0, 0.05) is 43.7 Å². The van der Waals surface area contributed by atoms with E-state index in [1.165, 1.54) is 11.1 Å². The fourth-order valence-corrected chi connectivity index (χ4v) is 4.72. The zero-order chi connectivity index (χ0) is 25.9. The van der Waals surface area contributed by atoms with E-state index in [-0.39, 0.29) is 16.6 Å². The summed E-state index contributed by atoms with van der Waals surface area (Å²) in [5.74, 6) is 5.00. The summed E-state index contributed by atoms with van der Waals surface area (Å²) in [5, 5.41) is 0. The summed E-state index contributed by atoms with van der Waals surface area (Å²) < 4.78 is 13.5. The molecule has 0 bridgehead atoms. The van der Waals surface area contributed by atoms with Crippen molar-refractivity contribution in [2.24, 2.45) is 0 Å². The predicted octanol–water partition coefficient (Wildman–Crippen LogP) is 4.48. The Balaban J connectivity index is 1.62. The quantitative estimate of drug-likeness (QED) is 0.402. The molecule has 0 fully saturated rings. The number of carbonyl (C=O) groups is 1. The largest absolute Gasteiger partial charge is 0.444 e. The summed E-state index contributed by atoms with van der Waals surface area (Å²) >= 11 is 0. The molecule has 0 saturated carbocycles. The van der Waals surface area contributed by atoms with Crippen molar-refractivity contribution in [2.45, 2.75) is 45.9 Å². The average molecular weight is 514 g/mol. The van der Waals surface area contributed by atoms with Crippen molar-refractivity contribution in [1.29, 1.82) is 0 Å². The van der Waals surface area contributed by atoms with Gasteiger partial charge in [-0.1, -0.05) is 18.0 Å². The van der Waals surface area contributed by atoms with Crippen LogP contribution >= 0.6 is 10.5 Å². The lowest BCUT2D eigenvalue weighted by Crippen LogP contribution is -2.39.